The van der Waals surface area contributed by atoms with Crippen molar-refractivity contribution in [2.45, 2.75) is 6.92 Å². The van der Waals surface area contributed by atoms with Crippen LogP contribution in [0.3, 0.4) is 0 Å². The molecule has 19 heavy (non-hydrogen) atoms. The maximum Gasteiger partial charge on any atom is 1.00 e. The summed E-state index contributed by atoms with van der Waals surface area (Å²) in [7, 11) is -4.67. The summed E-state index contributed by atoms with van der Waals surface area (Å²) in [5.41, 5.74) is 13.6. The molecule has 0 aliphatic heterocycles. The van der Waals surface area contributed by atoms with Gasteiger partial charge in [-0.2, -0.15) is 8.42 Å². The van der Waals surface area contributed by atoms with E-state index in [2.05, 4.69) is 0 Å². The Balaban J connectivity index is -0.000000222. The molecular weight excluding hydrogens is 307 g/mol. The summed E-state index contributed by atoms with van der Waals surface area (Å²) in [6.07, 6.45) is -2.08. The Hall–Kier alpha value is -0.404. The normalized spacial score (nSPS) is 8.79. The molecule has 7 N–H and O–H groups in total. The second-order valence-corrected chi connectivity index (χ2v) is 3.73. The van der Waals surface area contributed by atoms with Crippen LogP contribution in [0.1, 0.15) is 5.56 Å². The molecule has 0 bridgehead atoms. The first-order chi connectivity index (χ1) is 7.93. The van der Waals surface area contributed by atoms with E-state index in [1.54, 1.807) is 6.07 Å². The van der Waals surface area contributed by atoms with E-state index in [4.69, 9.17) is 44.0 Å². The minimum atomic E-state index is -4.67. The van der Waals surface area contributed by atoms with Crippen LogP contribution < -0.4 is 68.0 Å². The van der Waals surface area contributed by atoms with Crippen molar-refractivity contribution in [1.29, 1.82) is 0 Å². The number of hydrogen-bond donors (Lipinski definition) is 5. The zero-order valence-corrected chi connectivity index (χ0v) is 14.2. The van der Waals surface area contributed by atoms with Crippen LogP contribution in [0, 0.1) is 6.92 Å². The summed E-state index contributed by atoms with van der Waals surface area (Å²) in [4.78, 5) is 8.44. The average molecular weight is 320 g/mol. The van der Waals surface area contributed by atoms with Gasteiger partial charge in [0.1, 0.15) is 0 Å². The van der Waals surface area contributed by atoms with Crippen LogP contribution in [0.15, 0.2) is 18.2 Å². The van der Waals surface area contributed by atoms with Crippen molar-refractivity contribution in [1.82, 2.24) is 0 Å². The van der Waals surface area contributed by atoms with E-state index in [9.17, 15) is 0 Å². The monoisotopic (exact) mass is 320 g/mol. The van der Waals surface area contributed by atoms with Crippen molar-refractivity contribution in [3.05, 3.63) is 23.8 Å². The molecule has 11 heteroatoms. The van der Waals surface area contributed by atoms with Crippen molar-refractivity contribution in [2.75, 3.05) is 11.5 Å². The Kier molecular flexibility index (Phi) is 14.2. The number of carbonyl (C=O) groups is 1. The molecule has 1 rings (SSSR count). The fourth-order valence-electron chi connectivity index (χ4n) is 0.699. The molecule has 104 valence electrons. The van der Waals surface area contributed by atoms with Crippen LogP contribution in [0.2, 0.25) is 0 Å². The van der Waals surface area contributed by atoms with Gasteiger partial charge in [-0.05, 0) is 30.7 Å². The number of nitrogens with two attached hydrogens (primary N) is 2. The molecule has 0 spiro atoms. The first kappa shape index (κ1) is 23.7. The van der Waals surface area contributed by atoms with Gasteiger partial charge in [-0.15, -0.1) is 0 Å². The minimum Gasteiger partial charge on any atom is -0.565 e. The molecule has 0 fully saturated rings. The van der Waals surface area contributed by atoms with Gasteiger partial charge >= 0.3 is 61.8 Å². The Morgan fingerprint density at radius 3 is 1.79 bits per heavy atom. The van der Waals surface area contributed by atoms with Gasteiger partial charge in [0.05, 0.1) is 0 Å². The predicted octanol–water partition coefficient (Wildman–Crippen LogP) is -3.60. The largest absolute Gasteiger partial charge is 1.00 e. The molecule has 0 heterocycles. The van der Waals surface area contributed by atoms with E-state index in [1.807, 2.05) is 19.1 Å². The maximum atomic E-state index is 8.74. The van der Waals surface area contributed by atoms with Gasteiger partial charge in [-0.1, -0.05) is 0 Å². The fraction of sp³-hybridized carbons (Fsp3) is 0.125. The zero-order chi connectivity index (χ0) is 14.9. The minimum absolute atomic E-state index is 0. The molecule has 0 aliphatic carbocycles. The Labute approximate surface area is 152 Å². The van der Waals surface area contributed by atoms with Gasteiger partial charge in [-0.3, -0.25) is 9.11 Å². The topological polar surface area (TPSA) is 187 Å². The van der Waals surface area contributed by atoms with E-state index < -0.39 is 16.6 Å². The van der Waals surface area contributed by atoms with Crippen LogP contribution in [0.25, 0.3) is 0 Å². The predicted molar refractivity (Wildman–Crippen MR) is 62.2 cm³/mol. The summed E-state index contributed by atoms with van der Waals surface area (Å²) >= 11 is 0. The molecular formula is C8H13KN2O7S. The molecule has 0 amide bonds. The molecule has 0 radical (unpaired) electrons. The first-order valence-corrected chi connectivity index (χ1v) is 5.54. The van der Waals surface area contributed by atoms with E-state index in [0.717, 1.165) is 16.9 Å². The van der Waals surface area contributed by atoms with E-state index >= 15 is 0 Å². The second kappa shape index (κ2) is 11.4. The van der Waals surface area contributed by atoms with Crippen LogP contribution >= 0.6 is 0 Å². The van der Waals surface area contributed by atoms with Crippen LogP contribution in [-0.2, 0) is 10.4 Å². The summed E-state index contributed by atoms with van der Waals surface area (Å²) < 4.78 is 31.6. The molecule has 0 saturated carbocycles. The molecule has 0 aromatic heterocycles. The summed E-state index contributed by atoms with van der Waals surface area (Å²) in [5, 5.41) is 15.3. The third-order valence-electron chi connectivity index (χ3n) is 1.29. The molecule has 1 aromatic rings. The Morgan fingerprint density at radius 1 is 1.26 bits per heavy atom. The van der Waals surface area contributed by atoms with Gasteiger partial charge in [0, 0.05) is 11.4 Å². The van der Waals surface area contributed by atoms with E-state index in [0.29, 0.717) is 0 Å². The average Bonchev–Trinajstić information content (AvgIpc) is 2.08. The van der Waals surface area contributed by atoms with Gasteiger partial charge in [-0.25, -0.2) is 0 Å². The van der Waals surface area contributed by atoms with E-state index in [1.165, 1.54) is 0 Å². The summed E-state index contributed by atoms with van der Waals surface area (Å²) in [6, 6.07) is 5.46. The van der Waals surface area contributed by atoms with Crippen LogP contribution in [0.5, 0.6) is 0 Å². The van der Waals surface area contributed by atoms with Gasteiger partial charge in [0.25, 0.3) is 0 Å². The Morgan fingerprint density at radius 2 is 1.58 bits per heavy atom. The van der Waals surface area contributed by atoms with Crippen molar-refractivity contribution in [3.63, 3.8) is 0 Å². The standard InChI is InChI=1S/C7H10N2.CH2O3.K.H2O4S/c1-5-4-6(8)2-3-7(5)9;2-1(3)4;;1-5(2,3)4/h2-4H,8-9H2,1H3;(H2,2,3,4);;(H2,1,2,3,4)/q;;+1;/p-1. The molecule has 0 unspecified atom stereocenters. The molecule has 0 saturated heterocycles. The SMILES string of the molecule is Cc1cc(N)ccc1N.O=C([O-])O.O=S(=O)(O)O.[K+]. The number of carboxylic acid groups (broad SMARTS) is 2. The maximum absolute atomic E-state index is 8.74. The third kappa shape index (κ3) is 27.0. The number of anilines is 2. The van der Waals surface area contributed by atoms with Crippen molar-refractivity contribution >= 4 is 27.9 Å². The van der Waals surface area contributed by atoms with Gasteiger partial charge < -0.3 is 26.5 Å². The summed E-state index contributed by atoms with van der Waals surface area (Å²) in [6.45, 7) is 1.94. The summed E-state index contributed by atoms with van der Waals surface area (Å²) in [5.74, 6) is 0. The second-order valence-electron chi connectivity index (χ2n) is 2.83. The van der Waals surface area contributed by atoms with Gasteiger partial charge in [0.15, 0.2) is 0 Å². The third-order valence-corrected chi connectivity index (χ3v) is 1.29. The molecule has 9 nitrogen and oxygen atoms in total. The van der Waals surface area contributed by atoms with Crippen molar-refractivity contribution in [3.8, 4) is 0 Å². The number of aryl methyl sites for hydroxylation is 1. The fourth-order valence-corrected chi connectivity index (χ4v) is 0.699. The zero-order valence-electron chi connectivity index (χ0n) is 10.3. The first-order valence-electron chi connectivity index (χ1n) is 4.15. The number of nitrogen functional groups attached to an aromatic ring is 2. The smallest absolute Gasteiger partial charge is 0.565 e. The van der Waals surface area contributed by atoms with Crippen LogP contribution in [0.4, 0.5) is 16.2 Å². The quantitative estimate of drug-likeness (QED) is 0.183. The molecule has 0 aliphatic rings. The Bertz CT molecular complexity index is 480. The van der Waals surface area contributed by atoms with Crippen molar-refractivity contribution in [2.24, 2.45) is 0 Å². The molecule has 1 aromatic carbocycles. The van der Waals surface area contributed by atoms with E-state index in [-0.39, 0.29) is 51.4 Å². The number of benzene rings is 1. The molecule has 0 atom stereocenters. The van der Waals surface area contributed by atoms with Gasteiger partial charge in [0.2, 0.25) is 6.16 Å². The van der Waals surface area contributed by atoms with Crippen LogP contribution in [-0.4, -0.2) is 28.8 Å². The number of rotatable bonds is 0. The number of hydrogen-bond acceptors (Lipinski definition) is 6. The van der Waals surface area contributed by atoms with Crippen molar-refractivity contribution < 1.29 is 83.9 Å².